The Morgan fingerprint density at radius 2 is 2.05 bits per heavy atom. The van der Waals surface area contributed by atoms with E-state index in [1.165, 1.54) is 19.3 Å². The number of carbonyl (C=O) groups excluding carboxylic acids is 1. The van der Waals surface area contributed by atoms with E-state index >= 15 is 0 Å². The molecule has 0 aliphatic heterocycles. The van der Waals surface area contributed by atoms with Gasteiger partial charge in [0.1, 0.15) is 6.61 Å². The smallest absolute Gasteiger partial charge is 0.407 e. The Morgan fingerprint density at radius 3 is 2.60 bits per heavy atom. The van der Waals surface area contributed by atoms with E-state index in [1.54, 1.807) is 0 Å². The van der Waals surface area contributed by atoms with Crippen LogP contribution in [0.2, 0.25) is 0 Å². The van der Waals surface area contributed by atoms with Crippen LogP contribution < -0.4 is 5.32 Å². The monoisotopic (exact) mass is 275 g/mol. The van der Waals surface area contributed by atoms with Crippen LogP contribution in [0.15, 0.2) is 30.3 Å². The molecule has 1 spiro atoms. The predicted molar refractivity (Wildman–Crippen MR) is 75.0 cm³/mol. The molecule has 4 nitrogen and oxygen atoms in total. The van der Waals surface area contributed by atoms with Gasteiger partial charge >= 0.3 is 6.09 Å². The van der Waals surface area contributed by atoms with Crippen LogP contribution >= 0.6 is 0 Å². The highest BCUT2D eigenvalue weighted by molar-refractivity contribution is 5.67. The predicted octanol–water partition coefficient (Wildman–Crippen LogP) is 2.47. The first-order chi connectivity index (χ1) is 9.70. The molecule has 0 radical (unpaired) electrons. The second-order valence-corrected chi connectivity index (χ2v) is 6.16. The number of hydrogen-bond acceptors (Lipinski definition) is 3. The second kappa shape index (κ2) is 5.09. The fourth-order valence-corrected chi connectivity index (χ4v) is 3.46. The van der Waals surface area contributed by atoms with Gasteiger partial charge in [-0.3, -0.25) is 0 Å². The second-order valence-electron chi connectivity index (χ2n) is 6.16. The van der Waals surface area contributed by atoms with E-state index in [4.69, 9.17) is 4.74 Å². The first kappa shape index (κ1) is 13.4. The molecule has 1 aromatic carbocycles. The molecule has 0 bridgehead atoms. The Balaban J connectivity index is 1.43. The van der Waals surface area contributed by atoms with Gasteiger partial charge < -0.3 is 15.2 Å². The van der Waals surface area contributed by atoms with Gasteiger partial charge in [-0.2, -0.15) is 0 Å². The quantitative estimate of drug-likeness (QED) is 0.868. The third-order valence-electron chi connectivity index (χ3n) is 5.07. The molecule has 2 aliphatic rings. The average molecular weight is 275 g/mol. The molecule has 2 N–H and O–H groups in total. The number of carbonyl (C=O) groups is 1. The zero-order valence-electron chi connectivity index (χ0n) is 11.6. The van der Waals surface area contributed by atoms with E-state index in [2.05, 4.69) is 5.32 Å². The third kappa shape index (κ3) is 2.29. The maximum atomic E-state index is 11.7. The number of benzene rings is 1. The van der Waals surface area contributed by atoms with Crippen molar-refractivity contribution in [3.05, 3.63) is 35.9 Å². The summed E-state index contributed by atoms with van der Waals surface area (Å²) in [7, 11) is 0. The summed E-state index contributed by atoms with van der Waals surface area (Å²) in [6, 6.07) is 9.61. The van der Waals surface area contributed by atoms with Crippen LogP contribution in [0, 0.1) is 10.8 Å². The molecular weight excluding hydrogens is 254 g/mol. The Kier molecular flexibility index (Phi) is 3.42. The van der Waals surface area contributed by atoms with Gasteiger partial charge in [0.2, 0.25) is 0 Å². The first-order valence-electron chi connectivity index (χ1n) is 7.25. The van der Waals surface area contributed by atoms with E-state index in [0.29, 0.717) is 12.0 Å². The maximum Gasteiger partial charge on any atom is 0.407 e. The highest BCUT2D eigenvalue weighted by Gasteiger charge is 2.68. The van der Waals surface area contributed by atoms with Crippen molar-refractivity contribution in [2.45, 2.75) is 32.3 Å². The van der Waals surface area contributed by atoms with Gasteiger partial charge in [-0.1, -0.05) is 36.8 Å². The standard InChI is InChI=1S/C16H21NO3/c18-12-16(10-15(16)7-4-8-15)11-17-14(19)20-9-13-5-2-1-3-6-13/h1-3,5-6,18H,4,7-12H2,(H,17,19). The molecule has 20 heavy (non-hydrogen) atoms. The van der Waals surface area contributed by atoms with Gasteiger partial charge in [-0.25, -0.2) is 4.79 Å². The maximum absolute atomic E-state index is 11.7. The molecule has 4 heteroatoms. The fourth-order valence-electron chi connectivity index (χ4n) is 3.46. The highest BCUT2D eigenvalue weighted by Crippen LogP contribution is 2.73. The van der Waals surface area contributed by atoms with Crippen molar-refractivity contribution in [3.8, 4) is 0 Å². The largest absolute Gasteiger partial charge is 0.445 e. The molecule has 1 atom stereocenters. The van der Waals surface area contributed by atoms with Crippen molar-refractivity contribution in [1.82, 2.24) is 5.32 Å². The van der Waals surface area contributed by atoms with Crippen LogP contribution in [0.25, 0.3) is 0 Å². The number of amides is 1. The molecule has 2 aliphatic carbocycles. The van der Waals surface area contributed by atoms with Gasteiger partial charge in [-0.15, -0.1) is 0 Å². The Morgan fingerprint density at radius 1 is 1.30 bits per heavy atom. The summed E-state index contributed by atoms with van der Waals surface area (Å²) in [6.07, 6.45) is 4.27. The lowest BCUT2D eigenvalue weighted by atomic mass is 9.75. The minimum absolute atomic E-state index is 0.0863. The van der Waals surface area contributed by atoms with Crippen LogP contribution in [-0.2, 0) is 11.3 Å². The van der Waals surface area contributed by atoms with Crippen LogP contribution in [-0.4, -0.2) is 24.4 Å². The molecule has 3 rings (SSSR count). The van der Waals surface area contributed by atoms with Crippen LogP contribution in [0.1, 0.15) is 31.2 Å². The number of aliphatic hydroxyl groups excluding tert-OH is 1. The summed E-state index contributed by atoms with van der Waals surface area (Å²) in [5, 5.41) is 12.4. The molecule has 2 saturated carbocycles. The van der Waals surface area contributed by atoms with Crippen molar-refractivity contribution < 1.29 is 14.6 Å². The number of aliphatic hydroxyl groups is 1. The number of hydrogen-bond donors (Lipinski definition) is 2. The minimum atomic E-state index is -0.400. The summed E-state index contributed by atoms with van der Waals surface area (Å²) >= 11 is 0. The molecule has 1 unspecified atom stereocenters. The summed E-state index contributed by atoms with van der Waals surface area (Å²) < 4.78 is 5.18. The summed E-state index contributed by atoms with van der Waals surface area (Å²) in [6.45, 7) is 0.965. The average Bonchev–Trinajstić information content (AvgIpc) is 3.15. The van der Waals surface area contributed by atoms with Crippen molar-refractivity contribution in [3.63, 3.8) is 0 Å². The van der Waals surface area contributed by atoms with Crippen LogP contribution in [0.5, 0.6) is 0 Å². The first-order valence-corrected chi connectivity index (χ1v) is 7.25. The number of alkyl carbamates (subject to hydrolysis) is 1. The topological polar surface area (TPSA) is 58.6 Å². The highest BCUT2D eigenvalue weighted by atomic mass is 16.5. The molecule has 2 fully saturated rings. The Hall–Kier alpha value is -1.55. The fraction of sp³-hybridized carbons (Fsp3) is 0.562. The van der Waals surface area contributed by atoms with Crippen molar-refractivity contribution >= 4 is 6.09 Å². The molecule has 0 saturated heterocycles. The van der Waals surface area contributed by atoms with Crippen LogP contribution in [0.3, 0.4) is 0 Å². The minimum Gasteiger partial charge on any atom is -0.445 e. The lowest BCUT2D eigenvalue weighted by molar-refractivity contribution is 0.109. The summed E-state index contributed by atoms with van der Waals surface area (Å²) in [4.78, 5) is 11.7. The van der Waals surface area contributed by atoms with E-state index in [9.17, 15) is 9.90 Å². The molecule has 1 amide bonds. The van der Waals surface area contributed by atoms with E-state index in [-0.39, 0.29) is 18.6 Å². The number of rotatable bonds is 5. The van der Waals surface area contributed by atoms with Gasteiger partial charge in [-0.05, 0) is 30.2 Å². The lowest BCUT2D eigenvalue weighted by Gasteiger charge is -2.32. The molecular formula is C16H21NO3. The van der Waals surface area contributed by atoms with Gasteiger partial charge in [0.05, 0.1) is 6.61 Å². The number of nitrogens with one attached hydrogen (secondary N) is 1. The number of ether oxygens (including phenoxy) is 1. The summed E-state index contributed by atoms with van der Waals surface area (Å²) in [5.41, 5.74) is 1.20. The Bertz CT molecular complexity index is 484. The van der Waals surface area contributed by atoms with E-state index in [1.807, 2.05) is 30.3 Å². The van der Waals surface area contributed by atoms with Crippen molar-refractivity contribution in [1.29, 1.82) is 0 Å². The van der Waals surface area contributed by atoms with Crippen molar-refractivity contribution in [2.75, 3.05) is 13.2 Å². The SMILES string of the molecule is O=C(NCC1(CO)CC12CCC2)OCc1ccccc1. The zero-order chi connectivity index (χ0) is 14.1. The van der Waals surface area contributed by atoms with Gasteiger partial charge in [0.15, 0.2) is 0 Å². The molecule has 0 aromatic heterocycles. The molecule has 1 aromatic rings. The van der Waals surface area contributed by atoms with E-state index in [0.717, 1.165) is 12.0 Å². The molecule has 108 valence electrons. The van der Waals surface area contributed by atoms with E-state index < -0.39 is 6.09 Å². The normalized spacial score (nSPS) is 25.9. The summed E-state index contributed by atoms with van der Waals surface area (Å²) in [5.74, 6) is 0. The zero-order valence-corrected chi connectivity index (χ0v) is 11.6. The van der Waals surface area contributed by atoms with Gasteiger partial charge in [0.25, 0.3) is 0 Å². The third-order valence-corrected chi connectivity index (χ3v) is 5.07. The van der Waals surface area contributed by atoms with Crippen molar-refractivity contribution in [2.24, 2.45) is 10.8 Å². The Labute approximate surface area is 119 Å². The lowest BCUT2D eigenvalue weighted by Crippen LogP contribution is -2.37. The van der Waals surface area contributed by atoms with Gasteiger partial charge in [0, 0.05) is 12.0 Å². The molecule has 0 heterocycles. The van der Waals surface area contributed by atoms with Crippen LogP contribution in [0.4, 0.5) is 4.79 Å².